The van der Waals surface area contributed by atoms with Crippen molar-refractivity contribution >= 4 is 48.4 Å². The first-order valence-corrected chi connectivity index (χ1v) is 4.41. The third-order valence-electron chi connectivity index (χ3n) is 0.859. The topological polar surface area (TPSA) is 18.5 Å². The van der Waals surface area contributed by atoms with Crippen LogP contribution in [-0.2, 0) is 8.37 Å². The molecule has 0 saturated carbocycles. The SMILES string of the molecule is C=C(I)C[C@H](COS)OS. The lowest BCUT2D eigenvalue weighted by atomic mass is 10.3. The molecule has 0 amide bonds. The summed E-state index contributed by atoms with van der Waals surface area (Å²) >= 11 is 9.39. The predicted octanol–water partition coefficient (Wildman–Crippen LogP) is 2.42. The van der Waals surface area contributed by atoms with Crippen LogP contribution in [0.15, 0.2) is 10.2 Å². The van der Waals surface area contributed by atoms with Gasteiger partial charge >= 0.3 is 0 Å². The maximum atomic E-state index is 4.76. The normalized spacial score (nSPS) is 13.1. The van der Waals surface area contributed by atoms with Gasteiger partial charge in [0.05, 0.1) is 6.61 Å². The minimum atomic E-state index is -0.0507. The highest BCUT2D eigenvalue weighted by Crippen LogP contribution is 2.14. The second kappa shape index (κ2) is 6.78. The van der Waals surface area contributed by atoms with Crippen LogP contribution in [0, 0.1) is 0 Å². The van der Waals surface area contributed by atoms with E-state index in [0.717, 1.165) is 10.0 Å². The fourth-order valence-corrected chi connectivity index (χ4v) is 1.25. The van der Waals surface area contributed by atoms with Crippen molar-refractivity contribution in [3.05, 3.63) is 10.2 Å². The van der Waals surface area contributed by atoms with Crippen molar-refractivity contribution in [2.24, 2.45) is 0 Å². The molecule has 0 aliphatic heterocycles. The zero-order valence-electron chi connectivity index (χ0n) is 5.29. The van der Waals surface area contributed by atoms with Gasteiger partial charge in [0.15, 0.2) is 0 Å². The first kappa shape index (κ1) is 11.1. The molecule has 1 atom stereocenters. The van der Waals surface area contributed by atoms with E-state index < -0.39 is 0 Å². The summed E-state index contributed by atoms with van der Waals surface area (Å²) in [5.74, 6) is 0. The van der Waals surface area contributed by atoms with Crippen LogP contribution in [0.5, 0.6) is 0 Å². The molecule has 10 heavy (non-hydrogen) atoms. The van der Waals surface area contributed by atoms with Gasteiger partial charge in [0, 0.05) is 6.42 Å². The molecule has 0 aliphatic rings. The van der Waals surface area contributed by atoms with E-state index in [2.05, 4.69) is 59.2 Å². The van der Waals surface area contributed by atoms with Crippen molar-refractivity contribution in [1.29, 1.82) is 0 Å². The highest BCUT2D eigenvalue weighted by Gasteiger charge is 2.07. The van der Waals surface area contributed by atoms with Gasteiger partial charge in [-0.3, -0.25) is 0 Å². The zero-order chi connectivity index (χ0) is 7.98. The summed E-state index contributed by atoms with van der Waals surface area (Å²) < 4.78 is 10.3. The minimum Gasteiger partial charge on any atom is -0.316 e. The Bertz CT molecular complexity index is 110. The lowest BCUT2D eigenvalue weighted by Crippen LogP contribution is -2.13. The largest absolute Gasteiger partial charge is 0.316 e. The lowest BCUT2D eigenvalue weighted by Gasteiger charge is -2.10. The number of hydrogen-bond donors (Lipinski definition) is 2. The standard InChI is InChI=1S/C5H9IO2S2/c1-4(6)2-5(8-10)3-7-9/h5,9-10H,1-3H2/t5-/m1/s1. The summed E-state index contributed by atoms with van der Waals surface area (Å²) in [7, 11) is 0. The average molecular weight is 292 g/mol. The Kier molecular flexibility index (Phi) is 7.52. The van der Waals surface area contributed by atoms with Crippen LogP contribution in [0.3, 0.4) is 0 Å². The molecule has 0 heterocycles. The molecule has 0 aliphatic carbocycles. The van der Waals surface area contributed by atoms with Gasteiger partial charge in [0.25, 0.3) is 0 Å². The van der Waals surface area contributed by atoms with Gasteiger partial charge < -0.3 is 8.37 Å². The molecule has 0 fully saturated rings. The van der Waals surface area contributed by atoms with Crippen LogP contribution < -0.4 is 0 Å². The van der Waals surface area contributed by atoms with Crippen molar-refractivity contribution in [2.45, 2.75) is 12.5 Å². The molecule has 0 spiro atoms. The molecule has 0 bridgehead atoms. The van der Waals surface area contributed by atoms with Gasteiger partial charge in [-0.1, -0.05) is 6.58 Å². The first-order chi connectivity index (χ1) is 4.70. The lowest BCUT2D eigenvalue weighted by molar-refractivity contribution is 0.174. The van der Waals surface area contributed by atoms with Gasteiger partial charge in [-0.05, 0) is 52.0 Å². The van der Waals surface area contributed by atoms with Gasteiger partial charge in [-0.2, -0.15) is 0 Å². The fourth-order valence-electron chi connectivity index (χ4n) is 0.457. The van der Waals surface area contributed by atoms with E-state index in [-0.39, 0.29) is 6.10 Å². The van der Waals surface area contributed by atoms with Crippen LogP contribution in [0.2, 0.25) is 0 Å². The quantitative estimate of drug-likeness (QED) is 0.460. The van der Waals surface area contributed by atoms with Crippen LogP contribution >= 0.6 is 48.4 Å². The second-order valence-electron chi connectivity index (χ2n) is 1.74. The van der Waals surface area contributed by atoms with Gasteiger partial charge in [-0.15, -0.1) is 0 Å². The van der Waals surface area contributed by atoms with Gasteiger partial charge in [0.1, 0.15) is 6.10 Å². The van der Waals surface area contributed by atoms with E-state index in [1.165, 1.54) is 0 Å². The molecule has 5 heteroatoms. The molecule has 60 valence electrons. The molecule has 0 radical (unpaired) electrons. The summed E-state index contributed by atoms with van der Waals surface area (Å²) in [6.45, 7) is 4.14. The molecule has 0 aromatic heterocycles. The molecule has 0 unspecified atom stereocenters. The van der Waals surface area contributed by atoms with Crippen molar-refractivity contribution in [3.63, 3.8) is 0 Å². The maximum absolute atomic E-state index is 4.76. The van der Waals surface area contributed by atoms with E-state index in [4.69, 9.17) is 4.18 Å². The van der Waals surface area contributed by atoms with Crippen molar-refractivity contribution in [3.8, 4) is 0 Å². The van der Waals surface area contributed by atoms with Crippen LogP contribution in [0.25, 0.3) is 0 Å². The number of thiol groups is 2. The van der Waals surface area contributed by atoms with Crippen LogP contribution in [0.1, 0.15) is 6.42 Å². The van der Waals surface area contributed by atoms with E-state index in [1.807, 2.05) is 0 Å². The third-order valence-corrected chi connectivity index (χ3v) is 1.75. The van der Waals surface area contributed by atoms with Crippen molar-refractivity contribution < 1.29 is 8.37 Å². The van der Waals surface area contributed by atoms with Crippen molar-refractivity contribution in [2.75, 3.05) is 6.61 Å². The second-order valence-corrected chi connectivity index (χ2v) is 3.74. The molecule has 0 saturated heterocycles. The molecule has 0 aromatic carbocycles. The smallest absolute Gasteiger partial charge is 0.101 e. The molecular formula is C5H9IO2S2. The minimum absolute atomic E-state index is 0.0507. The maximum Gasteiger partial charge on any atom is 0.101 e. The Balaban J connectivity index is 3.49. The highest BCUT2D eigenvalue weighted by molar-refractivity contribution is 14.1. The van der Waals surface area contributed by atoms with Gasteiger partial charge in [0.2, 0.25) is 0 Å². The Labute approximate surface area is 85.7 Å². The number of rotatable bonds is 5. The summed E-state index contributed by atoms with van der Waals surface area (Å²) in [6, 6.07) is 0. The Morgan fingerprint density at radius 3 is 2.50 bits per heavy atom. The monoisotopic (exact) mass is 292 g/mol. The van der Waals surface area contributed by atoms with E-state index in [9.17, 15) is 0 Å². The summed E-state index contributed by atoms with van der Waals surface area (Å²) in [5.41, 5.74) is 0. The molecular weight excluding hydrogens is 283 g/mol. The number of hydrogen-bond acceptors (Lipinski definition) is 4. The summed E-state index contributed by atoms with van der Waals surface area (Å²) in [6.07, 6.45) is 0.690. The third kappa shape index (κ3) is 5.84. The fraction of sp³-hybridized carbons (Fsp3) is 0.600. The molecule has 0 aromatic rings. The van der Waals surface area contributed by atoms with Crippen LogP contribution in [-0.4, -0.2) is 12.7 Å². The summed E-state index contributed by atoms with van der Waals surface area (Å²) in [5, 5.41) is 0. The Hall–Kier alpha value is 1.09. The van der Waals surface area contributed by atoms with E-state index in [0.29, 0.717) is 6.61 Å². The number of halogens is 1. The Morgan fingerprint density at radius 1 is 1.60 bits per heavy atom. The first-order valence-electron chi connectivity index (χ1n) is 2.60. The molecule has 0 N–H and O–H groups in total. The Morgan fingerprint density at radius 2 is 2.20 bits per heavy atom. The summed E-state index contributed by atoms with van der Waals surface area (Å²) in [4.78, 5) is 0. The van der Waals surface area contributed by atoms with E-state index in [1.54, 1.807) is 0 Å². The zero-order valence-corrected chi connectivity index (χ0v) is 9.23. The van der Waals surface area contributed by atoms with Gasteiger partial charge in [-0.25, -0.2) is 0 Å². The highest BCUT2D eigenvalue weighted by atomic mass is 127. The van der Waals surface area contributed by atoms with Crippen LogP contribution in [0.4, 0.5) is 0 Å². The molecule has 2 nitrogen and oxygen atoms in total. The average Bonchev–Trinajstić information content (AvgIpc) is 1.86. The van der Waals surface area contributed by atoms with Crippen molar-refractivity contribution in [1.82, 2.24) is 0 Å². The van der Waals surface area contributed by atoms with E-state index >= 15 is 0 Å². The predicted molar refractivity (Wildman–Crippen MR) is 56.6 cm³/mol. The molecule has 0 rings (SSSR count).